The number of carbonyl (C=O) groups excluding carboxylic acids is 1. The zero-order valence-electron chi connectivity index (χ0n) is 11.2. The van der Waals surface area contributed by atoms with E-state index in [-0.39, 0.29) is 22.6 Å². The second kappa shape index (κ2) is 6.66. The van der Waals surface area contributed by atoms with Crippen molar-refractivity contribution in [2.24, 2.45) is 5.92 Å². The molecule has 20 heavy (non-hydrogen) atoms. The first-order chi connectivity index (χ1) is 9.50. The first kappa shape index (κ1) is 15.4. The van der Waals surface area contributed by atoms with Gasteiger partial charge < -0.3 is 15.7 Å². The average molecular weight is 317 g/mol. The third-order valence-corrected chi connectivity index (χ3v) is 4.39. The topological polar surface area (TPSA) is 61.4 Å². The van der Waals surface area contributed by atoms with Gasteiger partial charge in [0.25, 0.3) is 0 Å². The van der Waals surface area contributed by atoms with Crippen molar-refractivity contribution in [1.29, 1.82) is 0 Å². The predicted molar refractivity (Wildman–Crippen MR) is 80.3 cm³/mol. The second-order valence-corrected chi connectivity index (χ2v) is 5.85. The first-order valence-electron chi connectivity index (χ1n) is 6.68. The van der Waals surface area contributed by atoms with Gasteiger partial charge in [-0.05, 0) is 38.4 Å². The Balaban J connectivity index is 2.10. The Labute approximate surface area is 128 Å². The molecular weight excluding hydrogens is 299 g/mol. The number of hydrogen-bond donors (Lipinski definition) is 3. The van der Waals surface area contributed by atoms with Crippen LogP contribution in [-0.4, -0.2) is 24.1 Å². The summed E-state index contributed by atoms with van der Waals surface area (Å²) in [4.78, 5) is 12.2. The molecule has 1 aromatic carbocycles. The second-order valence-electron chi connectivity index (χ2n) is 5.07. The number of phenols is 1. The Morgan fingerprint density at radius 3 is 2.90 bits per heavy atom. The van der Waals surface area contributed by atoms with E-state index in [2.05, 4.69) is 10.6 Å². The summed E-state index contributed by atoms with van der Waals surface area (Å²) in [5.41, 5.74) is 0.455. The monoisotopic (exact) mass is 316 g/mol. The van der Waals surface area contributed by atoms with Crippen LogP contribution in [0.3, 0.4) is 0 Å². The third-order valence-electron chi connectivity index (χ3n) is 3.57. The summed E-state index contributed by atoms with van der Waals surface area (Å²) < 4.78 is 0. The minimum atomic E-state index is -0.393. The number of nitrogens with one attached hydrogen (secondary N) is 2. The molecule has 1 aliphatic heterocycles. The summed E-state index contributed by atoms with van der Waals surface area (Å²) in [5, 5.41) is 16.6. The lowest BCUT2D eigenvalue weighted by atomic mass is 9.97. The molecule has 0 spiro atoms. The maximum atomic E-state index is 12.2. The molecule has 6 heteroatoms. The molecule has 4 nitrogen and oxygen atoms in total. The van der Waals surface area contributed by atoms with E-state index in [4.69, 9.17) is 23.2 Å². The first-order valence-corrected chi connectivity index (χ1v) is 7.44. The van der Waals surface area contributed by atoms with Gasteiger partial charge in [0.2, 0.25) is 5.91 Å². The van der Waals surface area contributed by atoms with E-state index >= 15 is 0 Å². The third kappa shape index (κ3) is 3.37. The van der Waals surface area contributed by atoms with Crippen LogP contribution in [0.2, 0.25) is 10.0 Å². The molecule has 0 saturated carbocycles. The lowest BCUT2D eigenvalue weighted by molar-refractivity contribution is -0.126. The molecular formula is C14H18Cl2N2O2. The van der Waals surface area contributed by atoms with Crippen molar-refractivity contribution in [3.05, 3.63) is 27.7 Å². The summed E-state index contributed by atoms with van der Waals surface area (Å²) >= 11 is 12.1. The number of carbonyl (C=O) groups is 1. The molecule has 0 bridgehead atoms. The van der Waals surface area contributed by atoms with Crippen LogP contribution in [0.4, 0.5) is 0 Å². The highest BCUT2D eigenvalue weighted by molar-refractivity contribution is 6.42. The Morgan fingerprint density at radius 1 is 1.50 bits per heavy atom. The molecule has 1 saturated heterocycles. The summed E-state index contributed by atoms with van der Waals surface area (Å²) in [5.74, 6) is -0.0274. The summed E-state index contributed by atoms with van der Waals surface area (Å²) in [6.45, 7) is 3.43. The van der Waals surface area contributed by atoms with Gasteiger partial charge in [0.15, 0.2) is 0 Å². The molecule has 2 atom stereocenters. The van der Waals surface area contributed by atoms with Crippen molar-refractivity contribution in [1.82, 2.24) is 10.6 Å². The smallest absolute Gasteiger partial charge is 0.224 e. The van der Waals surface area contributed by atoms with Crippen LogP contribution in [0, 0.1) is 5.92 Å². The van der Waals surface area contributed by atoms with Gasteiger partial charge in [0.1, 0.15) is 5.75 Å². The quantitative estimate of drug-likeness (QED) is 0.803. The summed E-state index contributed by atoms with van der Waals surface area (Å²) in [6.07, 6.45) is 1.87. The molecule has 1 aromatic rings. The number of hydrogen-bond acceptors (Lipinski definition) is 3. The largest absolute Gasteiger partial charge is 0.508 e. The highest BCUT2D eigenvalue weighted by Crippen LogP contribution is 2.36. The Morgan fingerprint density at radius 2 is 2.25 bits per heavy atom. The van der Waals surface area contributed by atoms with Crippen molar-refractivity contribution in [2.75, 3.05) is 13.1 Å². The highest BCUT2D eigenvalue weighted by Gasteiger charge is 2.24. The van der Waals surface area contributed by atoms with Crippen LogP contribution < -0.4 is 10.6 Å². The molecule has 3 N–H and O–H groups in total. The van der Waals surface area contributed by atoms with Crippen LogP contribution in [0.5, 0.6) is 5.75 Å². The van der Waals surface area contributed by atoms with Crippen molar-refractivity contribution < 1.29 is 9.90 Å². The van der Waals surface area contributed by atoms with Crippen LogP contribution in [0.15, 0.2) is 12.1 Å². The minimum absolute atomic E-state index is 0.0276. The Hall–Kier alpha value is -0.970. The highest BCUT2D eigenvalue weighted by atomic mass is 35.5. The van der Waals surface area contributed by atoms with Crippen LogP contribution >= 0.6 is 23.2 Å². The van der Waals surface area contributed by atoms with Crippen molar-refractivity contribution >= 4 is 29.1 Å². The van der Waals surface area contributed by atoms with E-state index in [1.165, 1.54) is 12.1 Å². The number of phenolic OH excluding ortho intramolecular Hbond substituents is 1. The molecule has 1 amide bonds. The minimum Gasteiger partial charge on any atom is -0.508 e. The van der Waals surface area contributed by atoms with E-state index in [0.29, 0.717) is 17.1 Å². The van der Waals surface area contributed by atoms with Gasteiger partial charge in [-0.3, -0.25) is 4.79 Å². The van der Waals surface area contributed by atoms with Crippen LogP contribution in [0.25, 0.3) is 0 Å². The van der Waals surface area contributed by atoms with E-state index in [9.17, 15) is 9.90 Å². The van der Waals surface area contributed by atoms with Gasteiger partial charge in [-0.15, -0.1) is 0 Å². The zero-order chi connectivity index (χ0) is 14.7. The molecule has 0 aromatic heterocycles. The van der Waals surface area contributed by atoms with Crippen LogP contribution in [-0.2, 0) is 4.79 Å². The standard InChI is InChI=1S/C14H18Cl2N2O2/c1-8(12-11(19)5-4-10(15)13(12)16)18-14(20)9-3-2-6-17-7-9/h4-5,8-9,17,19H,2-3,6-7H2,1H3,(H,18,20)/t8?,9-/m0/s1. The number of amides is 1. The lowest BCUT2D eigenvalue weighted by Crippen LogP contribution is -2.41. The molecule has 2 rings (SSSR count). The number of rotatable bonds is 3. The van der Waals surface area contributed by atoms with Gasteiger partial charge >= 0.3 is 0 Å². The SMILES string of the molecule is CC(NC(=O)[C@H]1CCCNC1)c1c(O)ccc(Cl)c1Cl. The van der Waals surface area contributed by atoms with E-state index in [1.807, 2.05) is 0 Å². The number of benzene rings is 1. The molecule has 1 aliphatic rings. The maximum Gasteiger partial charge on any atom is 0.224 e. The number of halogens is 2. The molecule has 0 radical (unpaired) electrons. The molecule has 1 fully saturated rings. The fraction of sp³-hybridized carbons (Fsp3) is 0.500. The van der Waals surface area contributed by atoms with E-state index in [1.54, 1.807) is 6.92 Å². The number of piperidine rings is 1. The van der Waals surface area contributed by atoms with Crippen molar-refractivity contribution in [2.45, 2.75) is 25.8 Å². The number of aromatic hydroxyl groups is 1. The van der Waals surface area contributed by atoms with Crippen molar-refractivity contribution in [3.63, 3.8) is 0 Å². The van der Waals surface area contributed by atoms with Gasteiger partial charge in [-0.2, -0.15) is 0 Å². The van der Waals surface area contributed by atoms with Gasteiger partial charge in [-0.1, -0.05) is 23.2 Å². The van der Waals surface area contributed by atoms with Gasteiger partial charge in [0, 0.05) is 12.1 Å². The fourth-order valence-corrected chi connectivity index (χ4v) is 2.94. The average Bonchev–Trinajstić information content (AvgIpc) is 2.44. The normalized spacial score (nSPS) is 20.4. The fourth-order valence-electron chi connectivity index (χ4n) is 2.45. The molecule has 0 aliphatic carbocycles. The van der Waals surface area contributed by atoms with Gasteiger partial charge in [0.05, 0.1) is 22.0 Å². The zero-order valence-corrected chi connectivity index (χ0v) is 12.8. The maximum absolute atomic E-state index is 12.2. The summed E-state index contributed by atoms with van der Waals surface area (Å²) in [6, 6.07) is 2.62. The van der Waals surface area contributed by atoms with Crippen LogP contribution in [0.1, 0.15) is 31.4 Å². The lowest BCUT2D eigenvalue weighted by Gasteiger charge is -2.25. The molecule has 1 unspecified atom stereocenters. The van der Waals surface area contributed by atoms with E-state index < -0.39 is 6.04 Å². The molecule has 1 heterocycles. The molecule has 110 valence electrons. The van der Waals surface area contributed by atoms with Crippen molar-refractivity contribution in [3.8, 4) is 5.75 Å². The Kier molecular flexibility index (Phi) is 5.13. The predicted octanol–water partition coefficient (Wildman–Crippen LogP) is 2.88. The Bertz CT molecular complexity index is 502. The summed E-state index contributed by atoms with van der Waals surface area (Å²) in [7, 11) is 0. The van der Waals surface area contributed by atoms with Gasteiger partial charge in [-0.25, -0.2) is 0 Å². The van der Waals surface area contributed by atoms with E-state index in [0.717, 1.165) is 19.4 Å².